The van der Waals surface area contributed by atoms with Crippen molar-refractivity contribution in [3.63, 3.8) is 0 Å². The number of aryl methyl sites for hydroxylation is 1. The van der Waals surface area contributed by atoms with Gasteiger partial charge in [-0.1, -0.05) is 19.3 Å². The summed E-state index contributed by atoms with van der Waals surface area (Å²) >= 11 is 9.96. The molecule has 94 valence electrons. The van der Waals surface area contributed by atoms with E-state index < -0.39 is 0 Å². The van der Waals surface area contributed by atoms with Gasteiger partial charge >= 0.3 is 0 Å². The molecule has 4 heteroatoms. The normalized spacial score (nSPS) is 25.4. The van der Waals surface area contributed by atoms with Gasteiger partial charge in [-0.15, -0.1) is 11.6 Å². The van der Waals surface area contributed by atoms with Gasteiger partial charge in [-0.05, 0) is 47.3 Å². The van der Waals surface area contributed by atoms with Crippen LogP contribution in [-0.4, -0.2) is 16.4 Å². The van der Waals surface area contributed by atoms with E-state index in [1.54, 1.807) is 0 Å². The first kappa shape index (κ1) is 13.2. The predicted molar refractivity (Wildman–Crippen MR) is 76.8 cm³/mol. The first-order valence-electron chi connectivity index (χ1n) is 6.19. The molecule has 0 saturated heterocycles. The second kappa shape index (κ2) is 6.05. The zero-order valence-corrected chi connectivity index (χ0v) is 12.4. The number of pyridine rings is 1. The van der Waals surface area contributed by atoms with E-state index in [2.05, 4.69) is 32.3 Å². The van der Waals surface area contributed by atoms with Gasteiger partial charge in [0.05, 0.1) is 9.85 Å². The number of nitrogens with zero attached hydrogens (tertiary/aromatic N) is 1. The number of anilines is 1. The van der Waals surface area contributed by atoms with Gasteiger partial charge in [-0.2, -0.15) is 0 Å². The molecule has 0 aromatic carbocycles. The summed E-state index contributed by atoms with van der Waals surface area (Å²) in [5.41, 5.74) is 1.16. The Balaban J connectivity index is 2.08. The maximum Gasteiger partial charge on any atom is 0.140 e. The molecule has 0 amide bonds. The number of aromatic nitrogens is 1. The highest BCUT2D eigenvalue weighted by Crippen LogP contribution is 2.27. The Bertz CT molecular complexity index is 384. The van der Waals surface area contributed by atoms with Crippen molar-refractivity contribution in [2.45, 2.75) is 50.4 Å². The molecule has 0 radical (unpaired) electrons. The number of rotatable bonds is 2. The SMILES string of the molecule is Cc1cnc(NC2CCCCCC2Cl)c(Br)c1. The Morgan fingerprint density at radius 3 is 2.88 bits per heavy atom. The van der Waals surface area contributed by atoms with Crippen molar-refractivity contribution in [3.05, 3.63) is 22.3 Å². The van der Waals surface area contributed by atoms with Crippen LogP contribution in [0.2, 0.25) is 0 Å². The van der Waals surface area contributed by atoms with Crippen LogP contribution in [0, 0.1) is 6.92 Å². The van der Waals surface area contributed by atoms with E-state index >= 15 is 0 Å². The third-order valence-corrected chi connectivity index (χ3v) is 4.36. The Morgan fingerprint density at radius 2 is 2.12 bits per heavy atom. The topological polar surface area (TPSA) is 24.9 Å². The lowest BCUT2D eigenvalue weighted by molar-refractivity contribution is 0.624. The predicted octanol–water partition coefficient (Wildman–Crippen LogP) is 4.50. The van der Waals surface area contributed by atoms with Crippen molar-refractivity contribution in [1.29, 1.82) is 0 Å². The van der Waals surface area contributed by atoms with Crippen LogP contribution >= 0.6 is 27.5 Å². The molecule has 1 aromatic rings. The minimum atomic E-state index is 0.215. The average Bonchev–Trinajstić information content (AvgIpc) is 2.48. The molecule has 1 aliphatic rings. The van der Waals surface area contributed by atoms with Crippen molar-refractivity contribution in [1.82, 2.24) is 4.98 Å². The van der Waals surface area contributed by atoms with Crippen LogP contribution in [0.1, 0.15) is 37.7 Å². The number of alkyl halides is 1. The van der Waals surface area contributed by atoms with Gasteiger partial charge in [0.15, 0.2) is 0 Å². The highest BCUT2D eigenvalue weighted by atomic mass is 79.9. The van der Waals surface area contributed by atoms with Crippen LogP contribution in [0.4, 0.5) is 5.82 Å². The zero-order chi connectivity index (χ0) is 12.3. The molecule has 1 aromatic heterocycles. The molecule has 0 spiro atoms. The maximum atomic E-state index is 6.42. The summed E-state index contributed by atoms with van der Waals surface area (Å²) in [6, 6.07) is 2.42. The fourth-order valence-corrected chi connectivity index (χ4v) is 3.16. The Morgan fingerprint density at radius 1 is 1.35 bits per heavy atom. The summed E-state index contributed by atoms with van der Waals surface area (Å²) < 4.78 is 1.02. The third kappa shape index (κ3) is 3.59. The number of halogens is 2. The van der Waals surface area contributed by atoms with Crippen LogP contribution in [-0.2, 0) is 0 Å². The molecule has 0 bridgehead atoms. The molecule has 1 N–H and O–H groups in total. The molecule has 1 saturated carbocycles. The third-order valence-electron chi connectivity index (χ3n) is 3.23. The average molecular weight is 318 g/mol. The van der Waals surface area contributed by atoms with Crippen molar-refractivity contribution in [2.75, 3.05) is 5.32 Å². The van der Waals surface area contributed by atoms with E-state index in [0.717, 1.165) is 28.7 Å². The molecule has 0 aliphatic heterocycles. The van der Waals surface area contributed by atoms with Crippen molar-refractivity contribution in [2.24, 2.45) is 0 Å². The minimum Gasteiger partial charge on any atom is -0.365 e. The lowest BCUT2D eigenvalue weighted by Crippen LogP contribution is -2.29. The molecule has 1 fully saturated rings. The van der Waals surface area contributed by atoms with Gasteiger partial charge < -0.3 is 5.32 Å². The second-order valence-corrected chi connectivity index (χ2v) is 6.16. The largest absolute Gasteiger partial charge is 0.365 e. The standard InChI is InChI=1S/C13H18BrClN2/c1-9-7-10(14)13(16-8-9)17-12-6-4-2-3-5-11(12)15/h7-8,11-12H,2-6H2,1H3,(H,16,17). The number of hydrogen-bond donors (Lipinski definition) is 1. The van der Waals surface area contributed by atoms with Gasteiger partial charge in [0.2, 0.25) is 0 Å². The summed E-state index contributed by atoms with van der Waals surface area (Å²) in [5, 5.41) is 3.69. The molecule has 2 rings (SSSR count). The Hall–Kier alpha value is -0.280. The summed E-state index contributed by atoms with van der Waals surface area (Å²) in [4.78, 5) is 4.42. The second-order valence-electron chi connectivity index (χ2n) is 4.75. The molecule has 2 unspecified atom stereocenters. The Kier molecular flexibility index (Phi) is 4.69. The Labute approximate surface area is 116 Å². The lowest BCUT2D eigenvalue weighted by Gasteiger charge is -2.22. The van der Waals surface area contributed by atoms with E-state index in [4.69, 9.17) is 11.6 Å². The minimum absolute atomic E-state index is 0.215. The summed E-state index contributed by atoms with van der Waals surface area (Å²) in [6.07, 6.45) is 7.91. The fraction of sp³-hybridized carbons (Fsp3) is 0.615. The van der Waals surface area contributed by atoms with Crippen molar-refractivity contribution in [3.8, 4) is 0 Å². The van der Waals surface area contributed by atoms with Crippen LogP contribution in [0.3, 0.4) is 0 Å². The highest BCUT2D eigenvalue weighted by molar-refractivity contribution is 9.10. The number of nitrogens with one attached hydrogen (secondary N) is 1. The molecule has 1 heterocycles. The molecule has 17 heavy (non-hydrogen) atoms. The zero-order valence-electron chi connectivity index (χ0n) is 10.0. The van der Waals surface area contributed by atoms with E-state index in [1.165, 1.54) is 19.3 Å². The van der Waals surface area contributed by atoms with E-state index in [0.29, 0.717) is 6.04 Å². The van der Waals surface area contributed by atoms with E-state index in [-0.39, 0.29) is 5.38 Å². The summed E-state index contributed by atoms with van der Waals surface area (Å²) in [6.45, 7) is 2.04. The summed E-state index contributed by atoms with van der Waals surface area (Å²) in [5.74, 6) is 0.910. The number of hydrogen-bond acceptors (Lipinski definition) is 2. The van der Waals surface area contributed by atoms with Crippen LogP contribution in [0.15, 0.2) is 16.7 Å². The quantitative estimate of drug-likeness (QED) is 0.641. The van der Waals surface area contributed by atoms with Gasteiger partial charge in [-0.3, -0.25) is 0 Å². The smallest absolute Gasteiger partial charge is 0.140 e. The fourth-order valence-electron chi connectivity index (χ4n) is 2.24. The summed E-state index contributed by atoms with van der Waals surface area (Å²) in [7, 11) is 0. The van der Waals surface area contributed by atoms with E-state index in [1.807, 2.05) is 13.1 Å². The van der Waals surface area contributed by atoms with Crippen molar-refractivity contribution < 1.29 is 0 Å². The highest BCUT2D eigenvalue weighted by Gasteiger charge is 2.22. The molecular weight excluding hydrogens is 300 g/mol. The van der Waals surface area contributed by atoms with Crippen molar-refractivity contribution >= 4 is 33.3 Å². The van der Waals surface area contributed by atoms with Gasteiger partial charge in [0, 0.05) is 12.2 Å². The van der Waals surface area contributed by atoms with E-state index in [9.17, 15) is 0 Å². The molecule has 2 atom stereocenters. The lowest BCUT2D eigenvalue weighted by atomic mass is 10.1. The molecule has 2 nitrogen and oxygen atoms in total. The van der Waals surface area contributed by atoms with Gasteiger partial charge in [-0.25, -0.2) is 4.98 Å². The first-order valence-corrected chi connectivity index (χ1v) is 7.42. The first-order chi connectivity index (χ1) is 8.16. The van der Waals surface area contributed by atoms with Gasteiger partial charge in [0.25, 0.3) is 0 Å². The molecule has 1 aliphatic carbocycles. The maximum absolute atomic E-state index is 6.42. The van der Waals surface area contributed by atoms with Gasteiger partial charge in [0.1, 0.15) is 5.82 Å². The monoisotopic (exact) mass is 316 g/mol. The van der Waals surface area contributed by atoms with Crippen LogP contribution in [0.5, 0.6) is 0 Å². The van der Waals surface area contributed by atoms with Crippen LogP contribution < -0.4 is 5.32 Å². The van der Waals surface area contributed by atoms with Crippen LogP contribution in [0.25, 0.3) is 0 Å². The molecular formula is C13H18BrClN2.